The van der Waals surface area contributed by atoms with Crippen molar-refractivity contribution in [1.82, 2.24) is 26.6 Å². The average Bonchev–Trinajstić information content (AvgIpc) is 3.43. The van der Waals surface area contributed by atoms with Gasteiger partial charge in [-0.3, -0.25) is 24.6 Å². The molecular weight excluding hydrogens is 616 g/mol. The number of guanidine groups is 1. The van der Waals surface area contributed by atoms with E-state index < -0.39 is 42.3 Å². The Morgan fingerprint density at radius 3 is 2.09 bits per heavy atom. The van der Waals surface area contributed by atoms with E-state index in [9.17, 15) is 19.2 Å². The summed E-state index contributed by atoms with van der Waals surface area (Å²) in [5.41, 5.74) is 11.1. The highest BCUT2D eigenvalue weighted by Crippen LogP contribution is 2.14. The second kappa shape index (κ2) is 25.4. The van der Waals surface area contributed by atoms with Crippen molar-refractivity contribution in [2.75, 3.05) is 26.3 Å². The summed E-state index contributed by atoms with van der Waals surface area (Å²) >= 11 is 0. The first-order valence-corrected chi connectivity index (χ1v) is 16.7. The largest absolute Gasteiger partial charge is 0.370 e. The summed E-state index contributed by atoms with van der Waals surface area (Å²) in [6.45, 7) is 9.90. The third kappa shape index (κ3) is 18.5. The van der Waals surface area contributed by atoms with Crippen LogP contribution in [-0.2, 0) is 28.7 Å². The fourth-order valence-electron chi connectivity index (χ4n) is 4.89. The fraction of sp³-hybridized carbons (Fsp3) is 0.839. The molecule has 1 heterocycles. The summed E-state index contributed by atoms with van der Waals surface area (Å²) < 4.78 is 12.2. The number of nitrogens with two attached hydrogens (primary N) is 2. The van der Waals surface area contributed by atoms with E-state index in [0.29, 0.717) is 71.2 Å². The topological polar surface area (TPSA) is 223 Å². The summed E-state index contributed by atoms with van der Waals surface area (Å²) in [5, 5.41) is 21.6. The quantitative estimate of drug-likeness (QED) is 0.0303. The van der Waals surface area contributed by atoms with Gasteiger partial charge in [0, 0.05) is 26.2 Å². The van der Waals surface area contributed by atoms with Crippen molar-refractivity contribution in [2.45, 2.75) is 135 Å². The molecule has 0 spiro atoms. The van der Waals surface area contributed by atoms with Crippen molar-refractivity contribution >= 4 is 42.0 Å². The van der Waals surface area contributed by atoms with Gasteiger partial charge in [-0.2, -0.15) is 0 Å². The van der Waals surface area contributed by atoms with Gasteiger partial charge in [-0.25, -0.2) is 0 Å². The Balaban J connectivity index is 0.0000202. The van der Waals surface area contributed by atoms with Gasteiger partial charge in [0.25, 0.3) is 0 Å². The van der Waals surface area contributed by atoms with E-state index >= 15 is 0 Å². The van der Waals surface area contributed by atoms with Crippen LogP contribution in [0.5, 0.6) is 0 Å². The van der Waals surface area contributed by atoms with Crippen molar-refractivity contribution < 1.29 is 28.7 Å². The highest BCUT2D eigenvalue weighted by molar-refractivity contribution is 5.95. The molecule has 268 valence electrons. The summed E-state index contributed by atoms with van der Waals surface area (Å²) in [6, 6.07) is -2.97. The first kappa shape index (κ1) is 43.3. The van der Waals surface area contributed by atoms with Crippen LogP contribution in [-0.4, -0.2) is 86.3 Å². The summed E-state index contributed by atoms with van der Waals surface area (Å²) in [4.78, 5) is 51.9. The molecule has 1 fully saturated rings. The van der Waals surface area contributed by atoms with Gasteiger partial charge in [0.15, 0.2) is 12.2 Å². The number of halogens is 1. The number of hydrogen-bond acceptors (Lipinski definition) is 8. The van der Waals surface area contributed by atoms with Gasteiger partial charge in [-0.15, -0.1) is 12.4 Å². The maximum absolute atomic E-state index is 13.8. The predicted octanol–water partition coefficient (Wildman–Crippen LogP) is 1.54. The van der Waals surface area contributed by atoms with Crippen LogP contribution in [0.15, 0.2) is 0 Å². The number of hydrogen-bond donors (Lipinski definition) is 8. The average molecular weight is 677 g/mol. The Morgan fingerprint density at radius 2 is 1.57 bits per heavy atom. The third-order valence-electron chi connectivity index (χ3n) is 7.46. The summed E-state index contributed by atoms with van der Waals surface area (Å²) in [7, 11) is 0. The van der Waals surface area contributed by atoms with Crippen LogP contribution in [0.2, 0.25) is 0 Å². The van der Waals surface area contributed by atoms with Crippen LogP contribution in [0.1, 0.15) is 105 Å². The van der Waals surface area contributed by atoms with Crippen LogP contribution in [0, 0.1) is 11.3 Å². The van der Waals surface area contributed by atoms with Crippen LogP contribution in [0.3, 0.4) is 0 Å². The van der Waals surface area contributed by atoms with Crippen LogP contribution >= 0.6 is 12.4 Å². The molecule has 0 bridgehead atoms. The molecule has 46 heavy (non-hydrogen) atoms. The lowest BCUT2D eigenvalue weighted by Gasteiger charge is -2.31. The lowest BCUT2D eigenvalue weighted by atomic mass is 10.0. The Hall–Kier alpha value is -2.68. The zero-order valence-electron chi connectivity index (χ0n) is 28.3. The van der Waals surface area contributed by atoms with Gasteiger partial charge in [-0.1, -0.05) is 40.5 Å². The highest BCUT2D eigenvalue weighted by atomic mass is 35.5. The molecule has 1 aliphatic heterocycles. The van der Waals surface area contributed by atoms with Gasteiger partial charge >= 0.3 is 0 Å². The first-order valence-electron chi connectivity index (χ1n) is 16.7. The minimum absolute atomic E-state index is 0. The van der Waals surface area contributed by atoms with Crippen molar-refractivity contribution in [3.05, 3.63) is 0 Å². The molecule has 0 unspecified atom stereocenters. The first-order chi connectivity index (χ1) is 21.5. The minimum Gasteiger partial charge on any atom is -0.370 e. The molecule has 0 aliphatic carbocycles. The number of rotatable bonds is 25. The lowest BCUT2D eigenvalue weighted by molar-refractivity contribution is -0.166. The molecule has 1 rings (SSSR count). The van der Waals surface area contributed by atoms with Gasteiger partial charge in [-0.05, 0) is 70.3 Å². The number of amides is 4. The molecule has 10 N–H and O–H groups in total. The van der Waals surface area contributed by atoms with Gasteiger partial charge in [0.2, 0.25) is 23.6 Å². The fourth-order valence-corrected chi connectivity index (χ4v) is 4.89. The number of carbonyl (C=O) groups excluding carboxylic acids is 4. The Bertz CT molecular complexity index is 902. The zero-order valence-corrected chi connectivity index (χ0v) is 29.1. The standard InChI is InChI=1S/C31H60N8O6.ClH/c1-5-7-18-44-30(45-19-8-6-2)24(13-11-17-35-31(33)34)38-29(43)25(20-21(3)4)39-27(41)22(12-9-10-16-32)37-28(42)23-14-15-26(40)36-23;/h21-25,30H,5-20,32H2,1-4H3,(H,36,40)(H,37,42)(H,38,43)(H,39,41)(H4,33,34,35);1H/t22-,23-,24-,25-;/m0./s1. The highest BCUT2D eigenvalue weighted by Gasteiger charge is 2.33. The molecule has 4 amide bonds. The van der Waals surface area contributed by atoms with Gasteiger partial charge < -0.3 is 47.5 Å². The van der Waals surface area contributed by atoms with E-state index in [0.717, 1.165) is 25.7 Å². The summed E-state index contributed by atoms with van der Waals surface area (Å²) in [5.74, 6) is -1.52. The Kier molecular flexibility index (Phi) is 23.9. The van der Waals surface area contributed by atoms with Crippen molar-refractivity contribution in [3.8, 4) is 0 Å². The molecular formula is C31H61ClN8O6. The monoisotopic (exact) mass is 676 g/mol. The SMILES string of the molecule is CCCCOC(OCCCC)[C@H](CCCNC(=N)N)NC(=O)[C@H](CC(C)C)NC(=O)[C@H](CCCCN)NC(=O)[C@@H]1CCC(=O)N1.Cl. The molecule has 0 aromatic carbocycles. The number of ether oxygens (including phenoxy) is 2. The van der Waals surface area contributed by atoms with Crippen LogP contribution < -0.4 is 38.1 Å². The second-order valence-electron chi connectivity index (χ2n) is 12.1. The Morgan fingerprint density at radius 1 is 0.935 bits per heavy atom. The zero-order chi connectivity index (χ0) is 33.6. The molecule has 15 heteroatoms. The van der Waals surface area contributed by atoms with E-state index in [1.54, 1.807) is 0 Å². The maximum Gasteiger partial charge on any atom is 0.243 e. The molecule has 0 aromatic rings. The minimum atomic E-state index is -0.889. The maximum atomic E-state index is 13.8. The molecule has 4 atom stereocenters. The van der Waals surface area contributed by atoms with E-state index in [2.05, 4.69) is 40.4 Å². The molecule has 0 saturated carbocycles. The van der Waals surface area contributed by atoms with E-state index in [4.69, 9.17) is 26.4 Å². The second-order valence-corrected chi connectivity index (χ2v) is 12.1. The lowest BCUT2D eigenvalue weighted by Crippen LogP contribution is -2.58. The summed E-state index contributed by atoms with van der Waals surface area (Å²) in [6.07, 6.45) is 6.58. The number of nitrogens with one attached hydrogen (secondary N) is 6. The van der Waals surface area contributed by atoms with Gasteiger partial charge in [0.1, 0.15) is 18.1 Å². The van der Waals surface area contributed by atoms with Crippen molar-refractivity contribution in [3.63, 3.8) is 0 Å². The van der Waals surface area contributed by atoms with Gasteiger partial charge in [0.05, 0.1) is 6.04 Å². The van der Waals surface area contributed by atoms with E-state index in [1.807, 2.05) is 13.8 Å². The molecule has 1 saturated heterocycles. The van der Waals surface area contributed by atoms with Crippen molar-refractivity contribution in [1.29, 1.82) is 5.41 Å². The number of carbonyl (C=O) groups is 4. The smallest absolute Gasteiger partial charge is 0.243 e. The molecule has 0 aromatic heterocycles. The molecule has 14 nitrogen and oxygen atoms in total. The molecule has 1 aliphatic rings. The molecule has 0 radical (unpaired) electrons. The normalized spacial score (nSPS) is 16.2. The van der Waals surface area contributed by atoms with E-state index in [-0.39, 0.29) is 42.5 Å². The van der Waals surface area contributed by atoms with Crippen LogP contribution in [0.4, 0.5) is 0 Å². The third-order valence-corrected chi connectivity index (χ3v) is 7.46. The number of unbranched alkanes of at least 4 members (excludes halogenated alkanes) is 3. The van der Waals surface area contributed by atoms with E-state index in [1.165, 1.54) is 0 Å². The van der Waals surface area contributed by atoms with Crippen molar-refractivity contribution in [2.24, 2.45) is 17.4 Å². The predicted molar refractivity (Wildman–Crippen MR) is 181 cm³/mol. The Labute approximate surface area is 281 Å². The van der Waals surface area contributed by atoms with Crippen LogP contribution in [0.25, 0.3) is 0 Å².